The Labute approximate surface area is 86.4 Å². The molecular weight excluding hydrogens is 206 g/mol. The molecule has 15 heavy (non-hydrogen) atoms. The van der Waals surface area contributed by atoms with Crippen molar-refractivity contribution >= 4 is 11.9 Å². The zero-order chi connectivity index (χ0) is 11.9. The van der Waals surface area contributed by atoms with Crippen LogP contribution in [0, 0.1) is 0 Å². The van der Waals surface area contributed by atoms with E-state index in [0.717, 1.165) is 6.08 Å². The summed E-state index contributed by atoms with van der Waals surface area (Å²) in [4.78, 5) is 21.1. The molecule has 0 bridgehead atoms. The monoisotopic (exact) mass is 219 g/mol. The van der Waals surface area contributed by atoms with Gasteiger partial charge in [0.05, 0.1) is 0 Å². The van der Waals surface area contributed by atoms with Gasteiger partial charge in [0.25, 0.3) is 5.91 Å². The number of hydrogen-bond donors (Lipinski definition) is 2. The number of carbonyl (C=O) groups is 2. The number of carboxylic acid groups (broad SMARTS) is 1. The minimum Gasteiger partial charge on any atom is -0.478 e. The summed E-state index contributed by atoms with van der Waals surface area (Å²) in [6.45, 7) is -0.170. The van der Waals surface area contributed by atoms with Gasteiger partial charge in [-0.15, -0.1) is 0 Å². The molecule has 7 heteroatoms. The van der Waals surface area contributed by atoms with E-state index in [2.05, 4.69) is 14.2 Å². The maximum atomic E-state index is 11.0. The predicted octanol–water partition coefficient (Wildman–Crippen LogP) is -0.924. The third-order valence-electron chi connectivity index (χ3n) is 1.33. The Morgan fingerprint density at radius 2 is 2.00 bits per heavy atom. The van der Waals surface area contributed by atoms with Crippen LogP contribution in [0.2, 0.25) is 0 Å². The summed E-state index contributed by atoms with van der Waals surface area (Å²) in [7, 11) is 2.58. The van der Waals surface area contributed by atoms with Gasteiger partial charge in [0.15, 0.2) is 0 Å². The first-order chi connectivity index (χ1) is 6.93. The average Bonchev–Trinajstić information content (AvgIpc) is 2.15. The lowest BCUT2D eigenvalue weighted by molar-refractivity contribution is -0.232. The van der Waals surface area contributed by atoms with Crippen LogP contribution in [-0.4, -0.2) is 43.8 Å². The molecular formula is C8H13NO6. The third kappa shape index (κ3) is 5.78. The van der Waals surface area contributed by atoms with Gasteiger partial charge in [-0.1, -0.05) is 0 Å². The van der Waals surface area contributed by atoms with Crippen LogP contribution in [0.15, 0.2) is 12.2 Å². The average molecular weight is 219 g/mol. The highest BCUT2D eigenvalue weighted by atomic mass is 16.7. The smallest absolute Gasteiger partial charge is 0.334 e. The van der Waals surface area contributed by atoms with Crippen LogP contribution < -0.4 is 5.73 Å². The summed E-state index contributed by atoms with van der Waals surface area (Å²) in [5, 5.41) is 8.24. The van der Waals surface area contributed by atoms with Gasteiger partial charge >= 0.3 is 11.9 Å². The van der Waals surface area contributed by atoms with E-state index in [9.17, 15) is 9.59 Å². The third-order valence-corrected chi connectivity index (χ3v) is 1.33. The van der Waals surface area contributed by atoms with Crippen molar-refractivity contribution in [3.8, 4) is 0 Å². The summed E-state index contributed by atoms with van der Waals surface area (Å²) >= 11 is 0. The quantitative estimate of drug-likeness (QED) is 0.337. The molecule has 0 amide bonds. The second-order valence-corrected chi connectivity index (χ2v) is 2.54. The van der Waals surface area contributed by atoms with Gasteiger partial charge in [-0.05, 0) is 0 Å². The van der Waals surface area contributed by atoms with Crippen molar-refractivity contribution in [3.05, 3.63) is 12.2 Å². The molecule has 0 aromatic heterocycles. The van der Waals surface area contributed by atoms with Crippen molar-refractivity contribution in [2.24, 2.45) is 5.73 Å². The largest absolute Gasteiger partial charge is 0.478 e. The van der Waals surface area contributed by atoms with Gasteiger partial charge < -0.3 is 19.3 Å². The van der Waals surface area contributed by atoms with Crippen LogP contribution in [0.5, 0.6) is 0 Å². The van der Waals surface area contributed by atoms with Gasteiger partial charge in [-0.2, -0.15) is 0 Å². The molecule has 0 spiro atoms. The Kier molecular flexibility index (Phi) is 5.53. The number of methoxy groups -OCH3 is 2. The second kappa shape index (κ2) is 6.12. The summed E-state index contributed by atoms with van der Waals surface area (Å²) in [5.74, 6) is -3.91. The van der Waals surface area contributed by atoms with Gasteiger partial charge in [-0.25, -0.2) is 9.59 Å². The molecule has 0 rings (SSSR count). The molecule has 0 aromatic rings. The van der Waals surface area contributed by atoms with E-state index >= 15 is 0 Å². The lowest BCUT2D eigenvalue weighted by Gasteiger charge is -2.25. The van der Waals surface area contributed by atoms with Crippen LogP contribution in [-0.2, 0) is 23.8 Å². The Morgan fingerprint density at radius 1 is 1.40 bits per heavy atom. The number of ether oxygens (including phenoxy) is 3. The van der Waals surface area contributed by atoms with Gasteiger partial charge in [0.2, 0.25) is 0 Å². The highest BCUT2D eigenvalue weighted by Crippen LogP contribution is 2.05. The molecule has 0 aromatic carbocycles. The molecule has 0 saturated heterocycles. The van der Waals surface area contributed by atoms with Crippen molar-refractivity contribution in [3.63, 3.8) is 0 Å². The predicted molar refractivity (Wildman–Crippen MR) is 48.7 cm³/mol. The van der Waals surface area contributed by atoms with Gasteiger partial charge in [0, 0.05) is 26.4 Å². The van der Waals surface area contributed by atoms with E-state index in [0.29, 0.717) is 6.08 Å². The SMILES string of the molecule is COCC(N)(OC)OC(=O)/C=C\C(=O)O. The Bertz CT molecular complexity index is 264. The molecule has 1 unspecified atom stereocenters. The Morgan fingerprint density at radius 3 is 2.40 bits per heavy atom. The van der Waals surface area contributed by atoms with Crippen LogP contribution in [0.3, 0.4) is 0 Å². The Hall–Kier alpha value is -1.44. The fourth-order valence-electron chi connectivity index (χ4n) is 0.675. The summed E-state index contributed by atoms with van der Waals surface area (Å²) in [6, 6.07) is 0. The van der Waals surface area contributed by atoms with E-state index < -0.39 is 17.8 Å². The molecule has 0 aliphatic rings. The van der Waals surface area contributed by atoms with Gasteiger partial charge in [-0.3, -0.25) is 5.73 Å². The summed E-state index contributed by atoms with van der Waals surface area (Å²) < 4.78 is 14.0. The fraction of sp³-hybridized carbons (Fsp3) is 0.500. The van der Waals surface area contributed by atoms with E-state index in [1.165, 1.54) is 14.2 Å². The molecule has 0 aliphatic heterocycles. The number of esters is 1. The number of carbonyl (C=O) groups excluding carboxylic acids is 1. The zero-order valence-corrected chi connectivity index (χ0v) is 8.43. The van der Waals surface area contributed by atoms with Crippen LogP contribution in [0.4, 0.5) is 0 Å². The van der Waals surface area contributed by atoms with Crippen molar-refractivity contribution in [2.75, 3.05) is 20.8 Å². The number of aliphatic carboxylic acids is 1. The van der Waals surface area contributed by atoms with Crippen LogP contribution in [0.1, 0.15) is 0 Å². The first-order valence-electron chi connectivity index (χ1n) is 3.90. The number of rotatable bonds is 6. The molecule has 1 atom stereocenters. The second-order valence-electron chi connectivity index (χ2n) is 2.54. The standard InChI is InChI=1S/C8H13NO6/c1-13-5-8(9,14-2)15-7(12)4-3-6(10)11/h3-4H,5,9H2,1-2H3,(H,10,11)/b4-3-. The molecule has 3 N–H and O–H groups in total. The van der Waals surface area contributed by atoms with Crippen LogP contribution in [0.25, 0.3) is 0 Å². The molecule has 7 nitrogen and oxygen atoms in total. The highest BCUT2D eigenvalue weighted by Gasteiger charge is 2.28. The maximum Gasteiger partial charge on any atom is 0.334 e. The Balaban J connectivity index is 4.30. The molecule has 86 valence electrons. The number of nitrogens with two attached hydrogens (primary N) is 1. The van der Waals surface area contributed by atoms with Crippen molar-refractivity contribution < 1.29 is 28.9 Å². The lowest BCUT2D eigenvalue weighted by Crippen LogP contribution is -2.50. The number of hydrogen-bond acceptors (Lipinski definition) is 6. The van der Waals surface area contributed by atoms with E-state index in [1.54, 1.807) is 0 Å². The zero-order valence-electron chi connectivity index (χ0n) is 8.43. The highest BCUT2D eigenvalue weighted by molar-refractivity contribution is 5.90. The minimum absolute atomic E-state index is 0.170. The summed E-state index contributed by atoms with van der Waals surface area (Å²) in [6.07, 6.45) is 1.35. The van der Waals surface area contributed by atoms with Crippen LogP contribution >= 0.6 is 0 Å². The van der Waals surface area contributed by atoms with Crippen molar-refractivity contribution in [1.82, 2.24) is 0 Å². The van der Waals surface area contributed by atoms with E-state index in [1.807, 2.05) is 0 Å². The van der Waals surface area contributed by atoms with Crippen molar-refractivity contribution in [2.45, 2.75) is 5.91 Å². The van der Waals surface area contributed by atoms with E-state index in [-0.39, 0.29) is 6.61 Å². The summed E-state index contributed by atoms with van der Waals surface area (Å²) in [5.41, 5.74) is 5.44. The molecule has 0 aliphatic carbocycles. The topological polar surface area (TPSA) is 108 Å². The minimum atomic E-state index is -1.71. The van der Waals surface area contributed by atoms with E-state index in [4.69, 9.17) is 10.8 Å². The normalized spacial score (nSPS) is 14.9. The first kappa shape index (κ1) is 13.6. The van der Waals surface area contributed by atoms with Crippen molar-refractivity contribution in [1.29, 1.82) is 0 Å². The van der Waals surface area contributed by atoms with Gasteiger partial charge in [0.1, 0.15) is 6.61 Å². The maximum absolute atomic E-state index is 11.0. The molecule has 0 fully saturated rings. The molecule has 0 radical (unpaired) electrons. The lowest BCUT2D eigenvalue weighted by atomic mass is 10.5. The number of carboxylic acids is 1. The molecule has 0 saturated carbocycles. The fourth-order valence-corrected chi connectivity index (χ4v) is 0.675. The molecule has 0 heterocycles. The first-order valence-corrected chi connectivity index (χ1v) is 3.90.